The van der Waals surface area contributed by atoms with Crippen molar-refractivity contribution >= 4 is 43.5 Å². The van der Waals surface area contributed by atoms with E-state index in [0.717, 1.165) is 21.3 Å². The van der Waals surface area contributed by atoms with Gasteiger partial charge in [0.25, 0.3) is 0 Å². The zero-order chi connectivity index (χ0) is 14.5. The molecule has 0 atom stereocenters. The SMILES string of the molecule is N#Cc1ccc(COc2ccc(Br)cc2CBr)c(Cl)c1. The van der Waals surface area contributed by atoms with E-state index in [-0.39, 0.29) is 0 Å². The molecule has 0 amide bonds. The van der Waals surface area contributed by atoms with Gasteiger partial charge >= 0.3 is 0 Å². The fraction of sp³-hybridized carbons (Fsp3) is 0.133. The molecule has 20 heavy (non-hydrogen) atoms. The lowest BCUT2D eigenvalue weighted by Crippen LogP contribution is -1.99. The van der Waals surface area contributed by atoms with Gasteiger partial charge in [0.05, 0.1) is 11.6 Å². The van der Waals surface area contributed by atoms with E-state index in [9.17, 15) is 0 Å². The van der Waals surface area contributed by atoms with E-state index in [0.29, 0.717) is 22.5 Å². The van der Waals surface area contributed by atoms with E-state index in [2.05, 4.69) is 37.9 Å². The zero-order valence-corrected chi connectivity index (χ0v) is 14.3. The van der Waals surface area contributed by atoms with Gasteiger partial charge in [0.1, 0.15) is 12.4 Å². The van der Waals surface area contributed by atoms with Gasteiger partial charge in [-0.25, -0.2) is 0 Å². The van der Waals surface area contributed by atoms with Crippen LogP contribution in [0.2, 0.25) is 5.02 Å². The summed E-state index contributed by atoms with van der Waals surface area (Å²) in [6.45, 7) is 0.367. The summed E-state index contributed by atoms with van der Waals surface area (Å²) in [5.41, 5.74) is 2.46. The summed E-state index contributed by atoms with van der Waals surface area (Å²) in [6, 6.07) is 13.1. The summed E-state index contributed by atoms with van der Waals surface area (Å²) < 4.78 is 6.82. The summed E-state index contributed by atoms with van der Waals surface area (Å²) in [6.07, 6.45) is 0. The molecule has 0 unspecified atom stereocenters. The Morgan fingerprint density at radius 2 is 1.95 bits per heavy atom. The molecule has 2 aromatic carbocycles. The van der Waals surface area contributed by atoms with E-state index >= 15 is 0 Å². The van der Waals surface area contributed by atoms with Crippen molar-refractivity contribution in [3.63, 3.8) is 0 Å². The zero-order valence-electron chi connectivity index (χ0n) is 10.4. The molecule has 0 spiro atoms. The van der Waals surface area contributed by atoms with Crippen LogP contribution >= 0.6 is 43.5 Å². The smallest absolute Gasteiger partial charge is 0.123 e. The van der Waals surface area contributed by atoms with E-state index in [1.807, 2.05) is 24.3 Å². The van der Waals surface area contributed by atoms with Crippen molar-refractivity contribution in [1.82, 2.24) is 0 Å². The molecule has 0 bridgehead atoms. The second-order valence-corrected chi connectivity index (χ2v) is 5.98. The van der Waals surface area contributed by atoms with E-state index in [1.165, 1.54) is 0 Å². The van der Waals surface area contributed by atoms with Crippen molar-refractivity contribution < 1.29 is 4.74 Å². The fourth-order valence-corrected chi connectivity index (χ4v) is 2.76. The average molecular weight is 416 g/mol. The van der Waals surface area contributed by atoms with Gasteiger partial charge in [0.2, 0.25) is 0 Å². The Bertz CT molecular complexity index is 667. The van der Waals surface area contributed by atoms with Crippen LogP contribution in [-0.4, -0.2) is 0 Å². The summed E-state index contributed by atoms with van der Waals surface area (Å²) >= 11 is 13.0. The first kappa shape index (κ1) is 15.4. The Morgan fingerprint density at radius 3 is 2.60 bits per heavy atom. The Hall–Kier alpha value is -1.02. The Labute approximate surface area is 139 Å². The molecule has 0 N–H and O–H groups in total. The Morgan fingerprint density at radius 1 is 1.15 bits per heavy atom. The maximum atomic E-state index is 8.81. The van der Waals surface area contributed by atoms with E-state index in [1.54, 1.807) is 12.1 Å². The molecule has 2 rings (SSSR count). The molecule has 0 aliphatic carbocycles. The van der Waals surface area contributed by atoms with Crippen molar-refractivity contribution in [1.29, 1.82) is 5.26 Å². The van der Waals surface area contributed by atoms with Crippen molar-refractivity contribution in [2.45, 2.75) is 11.9 Å². The first-order valence-electron chi connectivity index (χ1n) is 5.79. The molecule has 102 valence electrons. The number of alkyl halides is 1. The molecular formula is C15H10Br2ClNO. The minimum atomic E-state index is 0.367. The standard InChI is InChI=1S/C15H10Br2ClNO/c16-7-12-6-13(17)3-4-15(12)20-9-11-2-1-10(8-19)5-14(11)18/h1-6H,7,9H2. The monoisotopic (exact) mass is 413 g/mol. The first-order chi connectivity index (χ1) is 9.63. The Balaban J connectivity index is 2.15. The largest absolute Gasteiger partial charge is 0.489 e. The molecule has 5 heteroatoms. The van der Waals surface area contributed by atoms with Crippen molar-refractivity contribution in [3.8, 4) is 11.8 Å². The minimum Gasteiger partial charge on any atom is -0.489 e. The van der Waals surface area contributed by atoms with Crippen LogP contribution in [0.1, 0.15) is 16.7 Å². The number of hydrogen-bond acceptors (Lipinski definition) is 2. The second kappa shape index (κ2) is 7.12. The van der Waals surface area contributed by atoms with Gasteiger partial charge in [-0.2, -0.15) is 5.26 Å². The van der Waals surface area contributed by atoms with Gasteiger partial charge in [-0.1, -0.05) is 49.5 Å². The van der Waals surface area contributed by atoms with Crippen LogP contribution in [0.15, 0.2) is 40.9 Å². The summed E-state index contributed by atoms with van der Waals surface area (Å²) in [4.78, 5) is 0. The minimum absolute atomic E-state index is 0.367. The molecule has 0 fully saturated rings. The number of hydrogen-bond donors (Lipinski definition) is 0. The van der Waals surface area contributed by atoms with Gasteiger partial charge in [0, 0.05) is 26.0 Å². The molecule has 0 heterocycles. The molecule has 0 saturated carbocycles. The number of benzene rings is 2. The molecule has 0 aliphatic heterocycles. The van der Waals surface area contributed by atoms with Crippen LogP contribution in [0.3, 0.4) is 0 Å². The molecular weight excluding hydrogens is 405 g/mol. The summed E-state index contributed by atoms with van der Waals surface area (Å²) in [5.74, 6) is 0.811. The normalized spacial score (nSPS) is 10.1. The summed E-state index contributed by atoms with van der Waals surface area (Å²) in [5, 5.41) is 10.1. The lowest BCUT2D eigenvalue weighted by Gasteiger charge is -2.11. The molecule has 0 saturated heterocycles. The topological polar surface area (TPSA) is 33.0 Å². The molecule has 0 aromatic heterocycles. The molecule has 2 nitrogen and oxygen atoms in total. The Kier molecular flexibility index (Phi) is 5.47. The molecule has 0 radical (unpaired) electrons. The number of halogens is 3. The third-order valence-electron chi connectivity index (χ3n) is 2.73. The molecule has 2 aromatic rings. The van der Waals surface area contributed by atoms with Crippen LogP contribution in [0.5, 0.6) is 5.75 Å². The van der Waals surface area contributed by atoms with Crippen molar-refractivity contribution in [2.75, 3.05) is 0 Å². The van der Waals surface area contributed by atoms with Crippen LogP contribution in [0.4, 0.5) is 0 Å². The van der Waals surface area contributed by atoms with Gasteiger partial charge in [-0.05, 0) is 30.3 Å². The predicted molar refractivity (Wildman–Crippen MR) is 87.3 cm³/mol. The number of nitrogens with zero attached hydrogens (tertiary/aromatic N) is 1. The maximum Gasteiger partial charge on any atom is 0.123 e. The molecule has 0 aliphatic rings. The fourth-order valence-electron chi connectivity index (χ4n) is 1.68. The summed E-state index contributed by atoms with van der Waals surface area (Å²) in [7, 11) is 0. The third kappa shape index (κ3) is 3.76. The van der Waals surface area contributed by atoms with Crippen LogP contribution in [0, 0.1) is 11.3 Å². The highest BCUT2D eigenvalue weighted by atomic mass is 79.9. The van der Waals surface area contributed by atoms with Crippen LogP contribution in [0.25, 0.3) is 0 Å². The van der Waals surface area contributed by atoms with Gasteiger partial charge in [-0.3, -0.25) is 0 Å². The highest BCUT2D eigenvalue weighted by Gasteiger charge is 2.06. The second-order valence-electron chi connectivity index (χ2n) is 4.09. The third-order valence-corrected chi connectivity index (χ3v) is 4.18. The van der Waals surface area contributed by atoms with Crippen molar-refractivity contribution in [2.24, 2.45) is 0 Å². The maximum absolute atomic E-state index is 8.81. The van der Waals surface area contributed by atoms with Crippen LogP contribution in [-0.2, 0) is 11.9 Å². The lowest BCUT2D eigenvalue weighted by atomic mass is 10.1. The lowest BCUT2D eigenvalue weighted by molar-refractivity contribution is 0.304. The highest BCUT2D eigenvalue weighted by molar-refractivity contribution is 9.10. The number of ether oxygens (including phenoxy) is 1. The van der Waals surface area contributed by atoms with Crippen molar-refractivity contribution in [3.05, 3.63) is 62.6 Å². The van der Waals surface area contributed by atoms with Gasteiger partial charge in [-0.15, -0.1) is 0 Å². The van der Waals surface area contributed by atoms with Crippen LogP contribution < -0.4 is 4.74 Å². The predicted octanol–water partition coefficient (Wildman–Crippen LogP) is 5.45. The van der Waals surface area contributed by atoms with Gasteiger partial charge < -0.3 is 4.74 Å². The number of nitriles is 1. The highest BCUT2D eigenvalue weighted by Crippen LogP contribution is 2.27. The quantitative estimate of drug-likeness (QED) is 0.622. The first-order valence-corrected chi connectivity index (χ1v) is 8.09. The number of rotatable bonds is 4. The van der Waals surface area contributed by atoms with Gasteiger partial charge in [0.15, 0.2) is 0 Å². The van der Waals surface area contributed by atoms with E-state index in [4.69, 9.17) is 21.6 Å². The van der Waals surface area contributed by atoms with E-state index < -0.39 is 0 Å². The average Bonchev–Trinajstić information content (AvgIpc) is 2.46.